The predicted molar refractivity (Wildman–Crippen MR) is 90.7 cm³/mol. The van der Waals surface area contributed by atoms with Crippen LogP contribution in [0.5, 0.6) is 0 Å². The number of carboxylic acids is 2. The SMILES string of the molecule is CCCC(=O)OC(CC(=O)[O-])C[N+](C)(C)C.O=C(O)c1ccccc1. The van der Waals surface area contributed by atoms with E-state index in [1.807, 2.05) is 28.1 Å². The summed E-state index contributed by atoms with van der Waals surface area (Å²) >= 11 is 0. The lowest BCUT2D eigenvalue weighted by molar-refractivity contribution is -0.873. The summed E-state index contributed by atoms with van der Waals surface area (Å²) in [7, 11) is 5.74. The van der Waals surface area contributed by atoms with Gasteiger partial charge in [-0.1, -0.05) is 25.1 Å². The minimum Gasteiger partial charge on any atom is -0.550 e. The summed E-state index contributed by atoms with van der Waals surface area (Å²) in [5, 5.41) is 18.9. The first-order chi connectivity index (χ1) is 11.5. The topological polar surface area (TPSA) is 104 Å². The van der Waals surface area contributed by atoms with Gasteiger partial charge in [0.25, 0.3) is 0 Å². The van der Waals surface area contributed by atoms with Crippen LogP contribution in [0.25, 0.3) is 0 Å². The van der Waals surface area contributed by atoms with Gasteiger partial charge in [-0.15, -0.1) is 0 Å². The molecule has 0 spiro atoms. The fourth-order valence-electron chi connectivity index (χ4n) is 1.97. The van der Waals surface area contributed by atoms with Crippen LogP contribution in [0.3, 0.4) is 0 Å². The third-order valence-corrected chi connectivity index (χ3v) is 2.92. The lowest BCUT2D eigenvalue weighted by Gasteiger charge is -2.29. The standard InChI is InChI=1S/C11H21NO4.C7H6O2/c1-5-6-11(15)16-9(7-10(13)14)8-12(2,3)4;8-7(9)6-4-2-1-3-5-6/h9H,5-8H2,1-4H3;1-5H,(H,8,9). The van der Waals surface area contributed by atoms with E-state index in [1.54, 1.807) is 30.3 Å². The maximum Gasteiger partial charge on any atom is 0.335 e. The summed E-state index contributed by atoms with van der Waals surface area (Å²) in [6.07, 6.45) is 0.163. The Hall–Kier alpha value is -2.41. The monoisotopic (exact) mass is 353 g/mol. The normalized spacial score (nSPS) is 11.7. The van der Waals surface area contributed by atoms with Crippen molar-refractivity contribution < 1.29 is 33.8 Å². The lowest BCUT2D eigenvalue weighted by Crippen LogP contribution is -2.45. The van der Waals surface area contributed by atoms with Crippen LogP contribution >= 0.6 is 0 Å². The van der Waals surface area contributed by atoms with Gasteiger partial charge in [-0.05, 0) is 18.6 Å². The number of carbonyl (C=O) groups is 3. The maximum atomic E-state index is 11.3. The van der Waals surface area contributed by atoms with Crippen molar-refractivity contribution in [1.29, 1.82) is 0 Å². The highest BCUT2D eigenvalue weighted by molar-refractivity contribution is 5.87. The molecule has 1 unspecified atom stereocenters. The van der Waals surface area contributed by atoms with Crippen molar-refractivity contribution in [3.05, 3.63) is 35.9 Å². The fourth-order valence-corrected chi connectivity index (χ4v) is 1.97. The quantitative estimate of drug-likeness (QED) is 0.551. The van der Waals surface area contributed by atoms with Gasteiger partial charge in [-0.25, -0.2) is 4.79 Å². The number of carboxylic acid groups (broad SMARTS) is 2. The number of aliphatic carboxylic acids is 1. The van der Waals surface area contributed by atoms with Crippen molar-refractivity contribution in [3.8, 4) is 0 Å². The highest BCUT2D eigenvalue weighted by Crippen LogP contribution is 2.06. The Balaban J connectivity index is 0.000000535. The molecule has 1 aromatic carbocycles. The third kappa shape index (κ3) is 12.7. The number of quaternary nitrogens is 1. The molecule has 0 aliphatic carbocycles. The molecule has 0 heterocycles. The molecule has 140 valence electrons. The zero-order chi connectivity index (χ0) is 19.5. The first-order valence-corrected chi connectivity index (χ1v) is 8.03. The molecular formula is C18H27NO6. The molecule has 0 amide bonds. The van der Waals surface area contributed by atoms with Gasteiger partial charge in [0, 0.05) is 18.8 Å². The molecule has 1 aromatic rings. The van der Waals surface area contributed by atoms with Gasteiger partial charge >= 0.3 is 11.9 Å². The second-order valence-corrected chi connectivity index (χ2v) is 6.58. The van der Waals surface area contributed by atoms with Crippen molar-refractivity contribution in [2.24, 2.45) is 0 Å². The summed E-state index contributed by atoms with van der Waals surface area (Å²) in [4.78, 5) is 32.0. The Morgan fingerprint density at radius 1 is 1.16 bits per heavy atom. The van der Waals surface area contributed by atoms with Crippen LogP contribution in [0.1, 0.15) is 36.5 Å². The van der Waals surface area contributed by atoms with Gasteiger partial charge < -0.3 is 24.2 Å². The second kappa shape index (κ2) is 11.2. The van der Waals surface area contributed by atoms with Crippen molar-refractivity contribution >= 4 is 17.9 Å². The number of aromatic carboxylic acids is 1. The zero-order valence-corrected chi connectivity index (χ0v) is 15.2. The number of rotatable bonds is 8. The van der Waals surface area contributed by atoms with Crippen LogP contribution in [-0.2, 0) is 14.3 Å². The van der Waals surface area contributed by atoms with E-state index < -0.39 is 18.0 Å². The largest absolute Gasteiger partial charge is 0.550 e. The number of nitrogens with zero attached hydrogens (tertiary/aromatic N) is 1. The molecule has 7 nitrogen and oxygen atoms in total. The minimum absolute atomic E-state index is 0.245. The second-order valence-electron chi connectivity index (χ2n) is 6.58. The third-order valence-electron chi connectivity index (χ3n) is 2.92. The molecule has 0 saturated carbocycles. The summed E-state index contributed by atoms with van der Waals surface area (Å²) in [6.45, 7) is 2.33. The summed E-state index contributed by atoms with van der Waals surface area (Å²) in [5.41, 5.74) is 0.331. The summed E-state index contributed by atoms with van der Waals surface area (Å²) in [5.74, 6) is -2.42. The highest BCUT2D eigenvalue weighted by Gasteiger charge is 2.21. The Bertz CT molecular complexity index is 550. The first-order valence-electron chi connectivity index (χ1n) is 8.03. The number of esters is 1. The lowest BCUT2D eigenvalue weighted by atomic mass is 10.2. The van der Waals surface area contributed by atoms with Crippen LogP contribution in [0.15, 0.2) is 30.3 Å². The van der Waals surface area contributed by atoms with Gasteiger partial charge in [0.05, 0.1) is 26.7 Å². The molecule has 0 aliphatic rings. The maximum absolute atomic E-state index is 11.3. The van der Waals surface area contributed by atoms with Crippen LogP contribution in [0, 0.1) is 0 Å². The number of benzene rings is 1. The fraction of sp³-hybridized carbons (Fsp3) is 0.500. The molecule has 1 rings (SSSR count). The van der Waals surface area contributed by atoms with Crippen molar-refractivity contribution in [2.45, 2.75) is 32.3 Å². The number of hydrogen-bond donors (Lipinski definition) is 1. The molecule has 25 heavy (non-hydrogen) atoms. The molecule has 7 heteroatoms. The van der Waals surface area contributed by atoms with Crippen LogP contribution < -0.4 is 5.11 Å². The summed E-state index contributed by atoms with van der Waals surface area (Å²) in [6, 6.07) is 8.30. The van der Waals surface area contributed by atoms with Crippen LogP contribution in [0.4, 0.5) is 0 Å². The Labute approximate surface area is 148 Å². The van der Waals surface area contributed by atoms with Gasteiger partial charge in [-0.2, -0.15) is 0 Å². The number of ether oxygens (including phenoxy) is 1. The van der Waals surface area contributed by atoms with E-state index in [0.29, 0.717) is 29.4 Å². The molecule has 0 bridgehead atoms. The van der Waals surface area contributed by atoms with Gasteiger partial charge in [-0.3, -0.25) is 4.79 Å². The highest BCUT2D eigenvalue weighted by atomic mass is 16.5. The zero-order valence-electron chi connectivity index (χ0n) is 15.2. The molecule has 0 fully saturated rings. The van der Waals surface area contributed by atoms with Gasteiger partial charge in [0.1, 0.15) is 6.54 Å². The smallest absolute Gasteiger partial charge is 0.335 e. The molecule has 1 atom stereocenters. The van der Waals surface area contributed by atoms with E-state index >= 15 is 0 Å². The Morgan fingerprint density at radius 2 is 1.72 bits per heavy atom. The van der Waals surface area contributed by atoms with Crippen LogP contribution in [0.2, 0.25) is 0 Å². The van der Waals surface area contributed by atoms with Gasteiger partial charge in [0.2, 0.25) is 0 Å². The Morgan fingerprint density at radius 3 is 2.08 bits per heavy atom. The van der Waals surface area contributed by atoms with E-state index in [-0.39, 0.29) is 12.4 Å². The first kappa shape index (κ1) is 22.6. The summed E-state index contributed by atoms with van der Waals surface area (Å²) < 4.78 is 5.64. The van der Waals surface area contributed by atoms with Crippen LogP contribution in [-0.4, -0.2) is 61.3 Å². The van der Waals surface area contributed by atoms with E-state index in [0.717, 1.165) is 0 Å². The molecule has 0 radical (unpaired) electrons. The number of carbonyl (C=O) groups excluding carboxylic acids is 2. The average Bonchev–Trinajstić information content (AvgIpc) is 2.46. The number of likely N-dealkylation sites (N-methyl/N-ethyl adjacent to an activating group) is 1. The predicted octanol–water partition coefficient (Wildman–Crippen LogP) is 0.929. The minimum atomic E-state index is -1.19. The molecule has 0 aliphatic heterocycles. The molecule has 0 saturated heterocycles. The van der Waals surface area contributed by atoms with E-state index in [9.17, 15) is 19.5 Å². The Kier molecular flexibility index (Phi) is 10.1. The van der Waals surface area contributed by atoms with Crippen molar-refractivity contribution in [3.63, 3.8) is 0 Å². The van der Waals surface area contributed by atoms with E-state index in [4.69, 9.17) is 9.84 Å². The van der Waals surface area contributed by atoms with Gasteiger partial charge in [0.15, 0.2) is 6.10 Å². The van der Waals surface area contributed by atoms with Crippen molar-refractivity contribution in [2.75, 3.05) is 27.7 Å². The number of hydrogen-bond acceptors (Lipinski definition) is 5. The average molecular weight is 353 g/mol. The van der Waals surface area contributed by atoms with E-state index in [2.05, 4.69) is 0 Å². The van der Waals surface area contributed by atoms with E-state index in [1.165, 1.54) is 0 Å². The molecule has 1 N–H and O–H groups in total. The molecular weight excluding hydrogens is 326 g/mol. The van der Waals surface area contributed by atoms with Crippen molar-refractivity contribution in [1.82, 2.24) is 0 Å². The molecule has 0 aromatic heterocycles.